The molecule has 0 saturated carbocycles. The van der Waals surface area contributed by atoms with Crippen LogP contribution in [0.25, 0.3) is 9.75 Å². The molecule has 0 N–H and O–H groups in total. The Bertz CT molecular complexity index is 3580. The van der Waals surface area contributed by atoms with Crippen LogP contribution in [0.5, 0.6) is 5.88 Å². The number of carbonyl (C=O) groups excluding carboxylic acids is 8. The normalized spacial score (nSPS) is 15.8. The minimum absolute atomic E-state index is 0.00230. The molecular formula is C53H34N8O13S2. The van der Waals surface area contributed by atoms with Crippen molar-refractivity contribution in [2.24, 2.45) is 9.98 Å². The van der Waals surface area contributed by atoms with Crippen molar-refractivity contribution >= 4 is 92.1 Å². The molecule has 0 spiro atoms. The van der Waals surface area contributed by atoms with E-state index >= 15 is 0 Å². The Morgan fingerprint density at radius 2 is 0.895 bits per heavy atom. The van der Waals surface area contributed by atoms with Crippen molar-refractivity contribution < 1.29 is 62.0 Å². The van der Waals surface area contributed by atoms with E-state index in [4.69, 9.17) is 23.7 Å². The average molecular weight is 1060 g/mol. The van der Waals surface area contributed by atoms with Gasteiger partial charge in [-0.1, -0.05) is 144 Å². The van der Waals surface area contributed by atoms with E-state index in [0.29, 0.717) is 44.9 Å². The van der Waals surface area contributed by atoms with Gasteiger partial charge in [0, 0.05) is 11.1 Å². The number of aliphatic imine (C=N–C) groups is 2. The van der Waals surface area contributed by atoms with Gasteiger partial charge >= 0.3 is 29.7 Å². The molecule has 2 aromatic heterocycles. The number of fused-ring (bicyclic) bond motifs is 3. The zero-order chi connectivity index (χ0) is 53.7. The molecule has 0 fully saturated rings. The lowest BCUT2D eigenvalue weighted by Gasteiger charge is -2.31. The van der Waals surface area contributed by atoms with E-state index in [1.165, 1.54) is 13.8 Å². The molecule has 0 unspecified atom stereocenters. The van der Waals surface area contributed by atoms with Gasteiger partial charge in [0.1, 0.15) is 71.7 Å². The number of rotatable bonds is 12. The Balaban J connectivity index is 1.16. The van der Waals surface area contributed by atoms with E-state index in [0.717, 1.165) is 0 Å². The second-order valence-electron chi connectivity index (χ2n) is 16.3. The zero-order valence-corrected chi connectivity index (χ0v) is 41.2. The second kappa shape index (κ2) is 21.5. The number of carbonyl (C=O) groups is 8. The Kier molecular flexibility index (Phi) is 14.4. The summed E-state index contributed by atoms with van der Waals surface area (Å²) in [6.07, 6.45) is -2.81. The largest absolute Gasteiger partial charge is 0.457 e. The van der Waals surface area contributed by atoms with Crippen LogP contribution < -0.4 is 4.74 Å². The summed E-state index contributed by atoms with van der Waals surface area (Å²) >= 11 is 1.36. The summed E-state index contributed by atoms with van der Waals surface area (Å²) < 4.78 is 28.4. The van der Waals surface area contributed by atoms with Crippen LogP contribution in [-0.2, 0) is 79.7 Å². The van der Waals surface area contributed by atoms with Gasteiger partial charge < -0.3 is 23.7 Å². The molecule has 23 heteroatoms. The van der Waals surface area contributed by atoms with E-state index in [9.17, 15) is 48.9 Å². The molecule has 0 atom stereocenters. The summed E-state index contributed by atoms with van der Waals surface area (Å²) in [5, 5.41) is 19.4. The topological polar surface area (TPSA) is 287 Å². The van der Waals surface area contributed by atoms with E-state index in [1.807, 2.05) is 0 Å². The predicted octanol–water partition coefficient (Wildman–Crippen LogP) is 7.58. The molecule has 3 aliphatic rings. The molecule has 76 heavy (non-hydrogen) atoms. The highest BCUT2D eigenvalue weighted by atomic mass is 32.1. The number of nitrogens with zero attached hydrogens (tertiary/aromatic N) is 8. The maximum absolute atomic E-state index is 14.8. The number of nitriles is 2. The van der Waals surface area contributed by atoms with E-state index in [2.05, 4.69) is 20.0 Å². The molecule has 5 heterocycles. The Morgan fingerprint density at radius 3 is 1.28 bits per heavy atom. The van der Waals surface area contributed by atoms with E-state index < -0.39 is 106 Å². The van der Waals surface area contributed by atoms with Gasteiger partial charge in [-0.2, -0.15) is 25.3 Å². The molecule has 6 aromatic rings. The molecule has 9 rings (SSSR count). The number of hydrogen-bond acceptors (Lipinski definition) is 21. The highest BCUT2D eigenvalue weighted by Crippen LogP contribution is 2.54. The van der Waals surface area contributed by atoms with Gasteiger partial charge in [0.25, 0.3) is 23.6 Å². The highest BCUT2D eigenvalue weighted by Gasteiger charge is 2.61. The summed E-state index contributed by atoms with van der Waals surface area (Å²) in [6.45, 7) is 1.03. The summed E-state index contributed by atoms with van der Waals surface area (Å²) in [5.74, 6) is -8.30. The van der Waals surface area contributed by atoms with Crippen LogP contribution in [-0.4, -0.2) is 78.9 Å². The lowest BCUT2D eigenvalue weighted by molar-refractivity contribution is -0.184. The van der Waals surface area contributed by atoms with Gasteiger partial charge in [0.2, 0.25) is 16.1 Å². The Morgan fingerprint density at radius 1 is 0.539 bits per heavy atom. The van der Waals surface area contributed by atoms with Gasteiger partial charge in [0.15, 0.2) is 0 Å². The van der Waals surface area contributed by atoms with Crippen LogP contribution in [0.3, 0.4) is 0 Å². The van der Waals surface area contributed by atoms with Gasteiger partial charge in [-0.3, -0.25) is 19.2 Å². The van der Waals surface area contributed by atoms with E-state index in [1.54, 1.807) is 133 Å². The third-order valence-electron chi connectivity index (χ3n) is 11.5. The minimum Gasteiger partial charge on any atom is -0.457 e. The first-order chi connectivity index (χ1) is 36.7. The standard InChI is InChI=1S/C53H34N8O13S2/c1-29-35(23-54)43(62)60(51(68)72-27-33-19-11-5-12-20-33)45(64)37(29)56-49-58-41-39(75-49)40-42(74-53(41,47(66)70-25-31-15-7-3-8-16-31)48(67)71-26-32-17-9-4-10-18-32)59-50(76-40)57-38-30(2)36(24-55)44(63)61(46(38)65)52(69)73-28-34-21-13-6-14-22-34/h3-22H,25-28H2,1-2H3/b56-37-,57-38-. The van der Waals surface area contributed by atoms with Crippen LogP contribution in [0.4, 0.5) is 19.9 Å². The molecule has 4 aromatic carbocycles. The number of esters is 2. The molecule has 0 radical (unpaired) electrons. The molecule has 0 aliphatic carbocycles. The average Bonchev–Trinajstić information content (AvgIpc) is 4.10. The van der Waals surface area contributed by atoms with Crippen LogP contribution in [0.2, 0.25) is 0 Å². The Labute approximate surface area is 437 Å². The fraction of sp³-hybridized carbons (Fsp3) is 0.132. The second-order valence-corrected chi connectivity index (χ2v) is 18.3. The van der Waals surface area contributed by atoms with Crippen LogP contribution >= 0.6 is 22.7 Å². The van der Waals surface area contributed by atoms with Crippen molar-refractivity contribution in [2.75, 3.05) is 0 Å². The number of benzene rings is 4. The monoisotopic (exact) mass is 1050 g/mol. The SMILES string of the molecule is CC1=C(C#N)C(=O)N(C(=O)OCc2ccccc2)C(=O)/C1=N\c1nc2c(s1)-c1sc(/N=C3\C(=O)N(C(=O)OCc4ccccc4)C(=O)C(C#N)=C3C)nc1C(C(=O)OCc1ccccc1)(C(=O)OCc1ccccc1)O2. The van der Waals surface area contributed by atoms with Gasteiger partial charge in [-0.05, 0) is 36.1 Å². The number of aromatic nitrogens is 2. The first-order valence-corrected chi connectivity index (χ1v) is 24.1. The molecule has 0 bridgehead atoms. The van der Waals surface area contributed by atoms with E-state index in [-0.39, 0.29) is 49.0 Å². The van der Waals surface area contributed by atoms with Crippen LogP contribution in [0.15, 0.2) is 154 Å². The first-order valence-electron chi connectivity index (χ1n) is 22.5. The van der Waals surface area contributed by atoms with Crippen molar-refractivity contribution in [3.63, 3.8) is 0 Å². The number of imide groups is 6. The van der Waals surface area contributed by atoms with Crippen LogP contribution in [0.1, 0.15) is 41.8 Å². The first kappa shape index (κ1) is 50.8. The minimum atomic E-state index is -2.97. The summed E-state index contributed by atoms with van der Waals surface area (Å²) in [7, 11) is 0. The molecule has 6 amide bonds. The van der Waals surface area contributed by atoms with Gasteiger partial charge in [-0.25, -0.2) is 34.1 Å². The number of thiazole rings is 2. The van der Waals surface area contributed by atoms with Crippen molar-refractivity contribution in [1.29, 1.82) is 10.5 Å². The fourth-order valence-electron chi connectivity index (χ4n) is 7.62. The number of ether oxygens (including phenoxy) is 5. The molecule has 3 aliphatic heterocycles. The van der Waals surface area contributed by atoms with Crippen molar-refractivity contribution in [3.8, 4) is 27.8 Å². The molecule has 21 nitrogen and oxygen atoms in total. The maximum atomic E-state index is 14.8. The lowest BCUT2D eigenvalue weighted by atomic mass is 9.95. The van der Waals surface area contributed by atoms with Crippen molar-refractivity contribution in [1.82, 2.24) is 19.8 Å². The van der Waals surface area contributed by atoms with Crippen LogP contribution in [0, 0.1) is 22.7 Å². The molecule has 0 saturated heterocycles. The van der Waals surface area contributed by atoms with Gasteiger partial charge in [-0.15, -0.1) is 0 Å². The van der Waals surface area contributed by atoms with Gasteiger partial charge in [0.05, 0.1) is 4.88 Å². The van der Waals surface area contributed by atoms with Crippen molar-refractivity contribution in [2.45, 2.75) is 45.9 Å². The predicted molar refractivity (Wildman–Crippen MR) is 266 cm³/mol. The quantitative estimate of drug-likeness (QED) is 0.0494. The number of amides is 6. The molecular weight excluding hydrogens is 1020 g/mol. The fourth-order valence-corrected chi connectivity index (χ4v) is 9.61. The summed E-state index contributed by atoms with van der Waals surface area (Å²) in [4.78, 5) is 130. The smallest absolute Gasteiger partial charge is 0.424 e. The third-order valence-corrected chi connectivity index (χ3v) is 13.6. The highest BCUT2D eigenvalue weighted by molar-refractivity contribution is 7.25. The Hall–Kier alpha value is -10.1. The number of hydrogen-bond donors (Lipinski definition) is 0. The lowest BCUT2D eigenvalue weighted by Crippen LogP contribution is -2.52. The summed E-state index contributed by atoms with van der Waals surface area (Å²) in [5.41, 5.74) is -4.35. The third kappa shape index (κ3) is 9.77. The maximum Gasteiger partial charge on any atom is 0.424 e. The summed E-state index contributed by atoms with van der Waals surface area (Å²) in [6, 6.07) is 37.0. The molecule has 376 valence electrons. The van der Waals surface area contributed by atoms with Crippen molar-refractivity contribution in [3.05, 3.63) is 172 Å². The zero-order valence-electron chi connectivity index (χ0n) is 39.6.